The van der Waals surface area contributed by atoms with Crippen molar-refractivity contribution in [2.24, 2.45) is 5.92 Å². The molecule has 120 valence electrons. The number of nitrogens with one attached hydrogen (secondary N) is 1. The first-order valence-corrected chi connectivity index (χ1v) is 7.15. The standard InChI is InChI=1S/C15H20N2O5/c1-21-9-11-8-13(17(19)20)5-6-14(11)16-12-4-3-10(7-12)15(18)22-2/h5-6,8,10,12,16H,3-4,7,9H2,1-2H3/t10-,12+/m0/s1. The number of carbonyl (C=O) groups is 1. The van der Waals surface area contributed by atoms with Gasteiger partial charge in [-0.1, -0.05) is 0 Å². The lowest BCUT2D eigenvalue weighted by Gasteiger charge is -2.17. The lowest BCUT2D eigenvalue weighted by molar-refractivity contribution is -0.384. The molecule has 2 rings (SSSR count). The van der Waals surface area contributed by atoms with Crippen LogP contribution < -0.4 is 5.32 Å². The smallest absolute Gasteiger partial charge is 0.308 e. The second-order valence-electron chi connectivity index (χ2n) is 5.41. The Balaban J connectivity index is 2.09. The molecule has 7 heteroatoms. The SMILES string of the molecule is COCc1cc([N+](=O)[O-])ccc1N[C@@H]1CC[C@H](C(=O)OC)C1. The van der Waals surface area contributed by atoms with Gasteiger partial charge in [-0.2, -0.15) is 0 Å². The van der Waals surface area contributed by atoms with Crippen molar-refractivity contribution < 1.29 is 19.2 Å². The first-order valence-electron chi connectivity index (χ1n) is 7.15. The highest BCUT2D eigenvalue weighted by Crippen LogP contribution is 2.31. The van der Waals surface area contributed by atoms with E-state index in [1.54, 1.807) is 13.2 Å². The first-order chi connectivity index (χ1) is 10.5. The van der Waals surface area contributed by atoms with Crippen LogP contribution in [0.4, 0.5) is 11.4 Å². The Hall–Kier alpha value is -2.15. The fourth-order valence-corrected chi connectivity index (χ4v) is 2.82. The topological polar surface area (TPSA) is 90.7 Å². The number of non-ortho nitro benzene ring substituents is 1. The molecule has 0 amide bonds. The normalized spacial score (nSPS) is 20.6. The summed E-state index contributed by atoms with van der Waals surface area (Å²) in [7, 11) is 2.95. The van der Waals surface area contributed by atoms with E-state index in [9.17, 15) is 14.9 Å². The lowest BCUT2D eigenvalue weighted by Crippen LogP contribution is -2.19. The lowest BCUT2D eigenvalue weighted by atomic mass is 10.1. The van der Waals surface area contributed by atoms with Crippen LogP contribution in [0.25, 0.3) is 0 Å². The van der Waals surface area contributed by atoms with Crippen LogP contribution in [0, 0.1) is 16.0 Å². The second-order valence-corrected chi connectivity index (χ2v) is 5.41. The molecule has 1 saturated carbocycles. The van der Waals surface area contributed by atoms with Gasteiger partial charge in [0.2, 0.25) is 0 Å². The molecule has 2 atom stereocenters. The molecule has 1 aromatic carbocycles. The number of ether oxygens (including phenoxy) is 2. The Bertz CT molecular complexity index is 561. The van der Waals surface area contributed by atoms with Crippen LogP contribution in [0.1, 0.15) is 24.8 Å². The molecule has 0 radical (unpaired) electrons. The monoisotopic (exact) mass is 308 g/mol. The fraction of sp³-hybridized carbons (Fsp3) is 0.533. The van der Waals surface area contributed by atoms with E-state index in [-0.39, 0.29) is 30.2 Å². The summed E-state index contributed by atoms with van der Waals surface area (Å²) in [4.78, 5) is 22.0. The molecular weight excluding hydrogens is 288 g/mol. The molecule has 0 bridgehead atoms. The van der Waals surface area contributed by atoms with Gasteiger partial charge in [-0.15, -0.1) is 0 Å². The number of benzene rings is 1. The Labute approximate surface area is 128 Å². The minimum Gasteiger partial charge on any atom is -0.469 e. The van der Waals surface area contributed by atoms with Crippen molar-refractivity contribution >= 4 is 17.3 Å². The Kier molecular flexibility index (Phi) is 5.32. The minimum absolute atomic E-state index is 0.0384. The third-order valence-corrected chi connectivity index (χ3v) is 3.93. The summed E-state index contributed by atoms with van der Waals surface area (Å²) in [5, 5.41) is 14.2. The molecule has 0 aliphatic heterocycles. The number of hydrogen-bond donors (Lipinski definition) is 1. The number of esters is 1. The van der Waals surface area contributed by atoms with E-state index < -0.39 is 4.92 Å². The molecule has 1 aliphatic carbocycles. The van der Waals surface area contributed by atoms with Gasteiger partial charge in [0, 0.05) is 36.5 Å². The van der Waals surface area contributed by atoms with Gasteiger partial charge in [0.15, 0.2) is 0 Å². The zero-order chi connectivity index (χ0) is 16.1. The second kappa shape index (κ2) is 7.22. The van der Waals surface area contributed by atoms with Crippen molar-refractivity contribution in [2.75, 3.05) is 19.5 Å². The maximum absolute atomic E-state index is 11.6. The number of hydrogen-bond acceptors (Lipinski definition) is 6. The minimum atomic E-state index is -0.425. The third-order valence-electron chi connectivity index (χ3n) is 3.93. The average Bonchev–Trinajstić information content (AvgIpc) is 2.97. The largest absolute Gasteiger partial charge is 0.469 e. The van der Waals surface area contributed by atoms with E-state index in [1.807, 2.05) is 0 Å². The molecule has 1 N–H and O–H groups in total. The number of nitro groups is 1. The predicted octanol–water partition coefficient (Wildman–Crippen LogP) is 2.49. The number of methoxy groups -OCH3 is 2. The predicted molar refractivity (Wildman–Crippen MR) is 80.6 cm³/mol. The van der Waals surface area contributed by atoms with Crippen molar-refractivity contribution in [2.45, 2.75) is 31.9 Å². The van der Waals surface area contributed by atoms with Crippen LogP contribution in [-0.4, -0.2) is 31.2 Å². The van der Waals surface area contributed by atoms with Crippen molar-refractivity contribution in [3.8, 4) is 0 Å². The van der Waals surface area contributed by atoms with Crippen molar-refractivity contribution in [3.63, 3.8) is 0 Å². The molecule has 0 heterocycles. The van der Waals surface area contributed by atoms with Gasteiger partial charge < -0.3 is 14.8 Å². The zero-order valence-electron chi connectivity index (χ0n) is 12.7. The Morgan fingerprint density at radius 3 is 2.82 bits per heavy atom. The third kappa shape index (κ3) is 3.73. The Morgan fingerprint density at radius 2 is 2.18 bits per heavy atom. The number of carbonyl (C=O) groups excluding carboxylic acids is 1. The van der Waals surface area contributed by atoms with E-state index in [1.165, 1.54) is 19.2 Å². The van der Waals surface area contributed by atoms with E-state index in [4.69, 9.17) is 9.47 Å². The maximum Gasteiger partial charge on any atom is 0.308 e. The van der Waals surface area contributed by atoms with Crippen LogP contribution in [0.5, 0.6) is 0 Å². The summed E-state index contributed by atoms with van der Waals surface area (Å²) in [6.45, 7) is 0.289. The van der Waals surface area contributed by atoms with Gasteiger partial charge in [0.1, 0.15) is 0 Å². The van der Waals surface area contributed by atoms with Crippen molar-refractivity contribution in [1.29, 1.82) is 0 Å². The summed E-state index contributed by atoms with van der Waals surface area (Å²) >= 11 is 0. The molecule has 0 spiro atoms. The number of nitrogens with zero attached hydrogens (tertiary/aromatic N) is 1. The molecule has 7 nitrogen and oxygen atoms in total. The van der Waals surface area contributed by atoms with E-state index in [0.717, 1.165) is 24.1 Å². The molecular formula is C15H20N2O5. The first kappa shape index (κ1) is 16.2. The highest BCUT2D eigenvalue weighted by molar-refractivity contribution is 5.73. The summed E-state index contributed by atoms with van der Waals surface area (Å²) in [5.41, 5.74) is 1.58. The molecule has 22 heavy (non-hydrogen) atoms. The van der Waals surface area contributed by atoms with Crippen molar-refractivity contribution in [1.82, 2.24) is 0 Å². The van der Waals surface area contributed by atoms with E-state index in [2.05, 4.69) is 5.32 Å². The van der Waals surface area contributed by atoms with Gasteiger partial charge in [0.05, 0.1) is 24.6 Å². The number of rotatable bonds is 6. The van der Waals surface area contributed by atoms with Gasteiger partial charge in [0.25, 0.3) is 5.69 Å². The quantitative estimate of drug-likeness (QED) is 0.493. The number of nitro benzene ring substituents is 1. The molecule has 0 aromatic heterocycles. The Morgan fingerprint density at radius 1 is 1.41 bits per heavy atom. The zero-order valence-corrected chi connectivity index (χ0v) is 12.7. The average molecular weight is 308 g/mol. The summed E-state index contributed by atoms with van der Waals surface area (Å²) in [6, 6.07) is 4.83. The number of anilines is 1. The van der Waals surface area contributed by atoms with Gasteiger partial charge >= 0.3 is 5.97 Å². The maximum atomic E-state index is 11.6. The van der Waals surface area contributed by atoms with Crippen LogP contribution in [0.2, 0.25) is 0 Å². The van der Waals surface area contributed by atoms with Gasteiger partial charge in [-0.25, -0.2) is 0 Å². The van der Waals surface area contributed by atoms with E-state index in [0.29, 0.717) is 6.42 Å². The molecule has 1 aromatic rings. The highest BCUT2D eigenvalue weighted by Gasteiger charge is 2.30. The van der Waals surface area contributed by atoms with Crippen molar-refractivity contribution in [3.05, 3.63) is 33.9 Å². The summed E-state index contributed by atoms with van der Waals surface area (Å²) < 4.78 is 9.88. The van der Waals surface area contributed by atoms with Gasteiger partial charge in [-0.3, -0.25) is 14.9 Å². The summed E-state index contributed by atoms with van der Waals surface area (Å²) in [6.07, 6.45) is 2.36. The molecule has 1 aliphatic rings. The molecule has 0 unspecified atom stereocenters. The van der Waals surface area contributed by atoms with Crippen LogP contribution in [0.3, 0.4) is 0 Å². The fourth-order valence-electron chi connectivity index (χ4n) is 2.82. The van der Waals surface area contributed by atoms with Crippen LogP contribution in [-0.2, 0) is 20.9 Å². The molecule has 0 saturated heterocycles. The molecule has 1 fully saturated rings. The van der Waals surface area contributed by atoms with Crippen LogP contribution >= 0.6 is 0 Å². The van der Waals surface area contributed by atoms with Crippen LogP contribution in [0.15, 0.2) is 18.2 Å². The summed E-state index contributed by atoms with van der Waals surface area (Å²) in [5.74, 6) is -0.253. The highest BCUT2D eigenvalue weighted by atomic mass is 16.6. The van der Waals surface area contributed by atoms with E-state index >= 15 is 0 Å². The van der Waals surface area contributed by atoms with Gasteiger partial charge in [-0.05, 0) is 25.3 Å².